The van der Waals surface area contributed by atoms with E-state index in [1.165, 1.54) is 11.8 Å². The molecule has 0 aliphatic heterocycles. The fourth-order valence-corrected chi connectivity index (χ4v) is 2.57. The minimum absolute atomic E-state index is 0.180. The summed E-state index contributed by atoms with van der Waals surface area (Å²) >= 11 is 1.39. The summed E-state index contributed by atoms with van der Waals surface area (Å²) in [6, 6.07) is 7.44. The van der Waals surface area contributed by atoms with Crippen molar-refractivity contribution in [1.29, 1.82) is 0 Å². The van der Waals surface area contributed by atoms with Crippen LogP contribution < -0.4 is 9.47 Å². The van der Waals surface area contributed by atoms with Crippen molar-refractivity contribution in [2.75, 3.05) is 19.5 Å². The Kier molecular flexibility index (Phi) is 6.90. The summed E-state index contributed by atoms with van der Waals surface area (Å²) in [6.07, 6.45) is 6.67. The van der Waals surface area contributed by atoms with Gasteiger partial charge in [-0.1, -0.05) is 30.0 Å². The van der Waals surface area contributed by atoms with Crippen molar-refractivity contribution in [2.24, 2.45) is 0 Å². The van der Waals surface area contributed by atoms with Crippen molar-refractivity contribution >= 4 is 17.8 Å². The maximum atomic E-state index is 10.0. The number of thioether (sulfide) groups is 1. The van der Waals surface area contributed by atoms with Crippen molar-refractivity contribution in [1.82, 2.24) is 9.97 Å². The first kappa shape index (κ1) is 17.3. The summed E-state index contributed by atoms with van der Waals surface area (Å²) in [7, 11) is 1.60. The van der Waals surface area contributed by atoms with Crippen LogP contribution in [0.1, 0.15) is 12.5 Å². The fraction of sp³-hybridized carbons (Fsp3) is 0.294. The normalized spacial score (nSPS) is 12.3. The Hall–Kier alpha value is -2.05. The van der Waals surface area contributed by atoms with Gasteiger partial charge in [-0.2, -0.15) is 0 Å². The molecule has 6 heteroatoms. The van der Waals surface area contributed by atoms with Gasteiger partial charge in [-0.3, -0.25) is 0 Å². The van der Waals surface area contributed by atoms with Crippen LogP contribution in [-0.2, 0) is 0 Å². The Morgan fingerprint density at radius 3 is 2.74 bits per heavy atom. The van der Waals surface area contributed by atoms with Gasteiger partial charge in [-0.25, -0.2) is 9.97 Å². The number of methoxy groups -OCH3 is 1. The second-order valence-corrected chi connectivity index (χ2v) is 5.70. The zero-order valence-electron chi connectivity index (χ0n) is 13.2. The summed E-state index contributed by atoms with van der Waals surface area (Å²) in [5.74, 6) is 1.72. The third-order valence-corrected chi connectivity index (χ3v) is 3.95. The molecule has 1 atom stereocenters. The Labute approximate surface area is 140 Å². The Balaban J connectivity index is 1.87. The number of aromatic nitrogens is 2. The van der Waals surface area contributed by atoms with Crippen molar-refractivity contribution in [3.63, 3.8) is 0 Å². The lowest BCUT2D eigenvalue weighted by molar-refractivity contribution is 0.124. The predicted octanol–water partition coefficient (Wildman–Crippen LogP) is 3.05. The van der Waals surface area contributed by atoms with Gasteiger partial charge in [0.1, 0.15) is 6.61 Å². The summed E-state index contributed by atoms with van der Waals surface area (Å²) in [5, 5.41) is 10.7. The highest BCUT2D eigenvalue weighted by atomic mass is 32.2. The molecule has 1 N–H and O–H groups in total. The van der Waals surface area contributed by atoms with E-state index in [1.54, 1.807) is 25.6 Å². The molecule has 0 radical (unpaired) electrons. The Bertz CT molecular complexity index is 635. The molecular weight excluding hydrogens is 312 g/mol. The average molecular weight is 332 g/mol. The molecule has 1 unspecified atom stereocenters. The van der Waals surface area contributed by atoms with Crippen molar-refractivity contribution in [2.45, 2.75) is 18.2 Å². The number of rotatable bonds is 8. The minimum Gasteiger partial charge on any atom is -0.493 e. The van der Waals surface area contributed by atoms with Crippen LogP contribution in [0, 0.1) is 0 Å². The van der Waals surface area contributed by atoms with E-state index in [0.717, 1.165) is 5.56 Å². The second kappa shape index (κ2) is 9.17. The van der Waals surface area contributed by atoms with Gasteiger partial charge in [-0.05, 0) is 30.7 Å². The molecule has 1 aromatic heterocycles. The van der Waals surface area contributed by atoms with Gasteiger partial charge in [0.2, 0.25) is 0 Å². The number of allylic oxidation sites excluding steroid dienone is 1. The number of benzene rings is 1. The van der Waals surface area contributed by atoms with Crippen LogP contribution in [0.3, 0.4) is 0 Å². The van der Waals surface area contributed by atoms with Crippen molar-refractivity contribution < 1.29 is 14.6 Å². The zero-order valence-corrected chi connectivity index (χ0v) is 14.0. The number of hydrogen-bond donors (Lipinski definition) is 1. The zero-order chi connectivity index (χ0) is 16.5. The minimum atomic E-state index is -0.622. The number of aliphatic hydroxyl groups is 1. The lowest BCUT2D eigenvalue weighted by Crippen LogP contribution is -2.20. The van der Waals surface area contributed by atoms with E-state index in [9.17, 15) is 5.11 Å². The van der Waals surface area contributed by atoms with E-state index in [4.69, 9.17) is 9.47 Å². The van der Waals surface area contributed by atoms with Gasteiger partial charge in [0.15, 0.2) is 16.7 Å². The lowest BCUT2D eigenvalue weighted by Gasteiger charge is -2.14. The van der Waals surface area contributed by atoms with E-state index in [1.807, 2.05) is 37.3 Å². The SMILES string of the molecule is C/C=C/c1ccc(OCC(O)CSc2ncccn2)c(OC)c1. The summed E-state index contributed by atoms with van der Waals surface area (Å²) in [4.78, 5) is 8.19. The molecule has 0 aliphatic carbocycles. The topological polar surface area (TPSA) is 64.5 Å². The Morgan fingerprint density at radius 2 is 2.04 bits per heavy atom. The van der Waals surface area contributed by atoms with Gasteiger partial charge in [-0.15, -0.1) is 0 Å². The van der Waals surface area contributed by atoms with E-state index in [0.29, 0.717) is 22.4 Å². The Morgan fingerprint density at radius 1 is 1.26 bits per heavy atom. The second-order valence-electron chi connectivity index (χ2n) is 4.72. The van der Waals surface area contributed by atoms with Crippen LogP contribution >= 0.6 is 11.8 Å². The molecular formula is C17H20N2O3S. The molecule has 0 bridgehead atoms. The highest BCUT2D eigenvalue weighted by Crippen LogP contribution is 2.28. The number of aliphatic hydroxyl groups excluding tert-OH is 1. The molecule has 23 heavy (non-hydrogen) atoms. The van der Waals surface area contributed by atoms with E-state index < -0.39 is 6.10 Å². The maximum Gasteiger partial charge on any atom is 0.187 e. The third kappa shape index (κ3) is 5.58. The third-order valence-electron chi connectivity index (χ3n) is 2.92. The smallest absolute Gasteiger partial charge is 0.187 e. The summed E-state index contributed by atoms with van der Waals surface area (Å²) in [6.45, 7) is 2.14. The molecule has 0 saturated carbocycles. The molecule has 122 valence electrons. The molecule has 0 fully saturated rings. The molecule has 0 amide bonds. The standard InChI is InChI=1S/C17H20N2O3S/c1-3-5-13-6-7-15(16(10-13)21-2)22-11-14(20)12-23-17-18-8-4-9-19-17/h3-10,14,20H,11-12H2,1-2H3/b5-3+. The van der Waals surface area contributed by atoms with Crippen LogP contribution in [0.15, 0.2) is 47.9 Å². The average Bonchev–Trinajstić information content (AvgIpc) is 2.59. The molecule has 0 saturated heterocycles. The van der Waals surface area contributed by atoms with Gasteiger partial charge in [0.05, 0.1) is 13.2 Å². The van der Waals surface area contributed by atoms with Crippen molar-refractivity contribution in [3.05, 3.63) is 48.3 Å². The predicted molar refractivity (Wildman–Crippen MR) is 92.0 cm³/mol. The molecule has 1 aromatic carbocycles. The number of ether oxygens (including phenoxy) is 2. The highest BCUT2D eigenvalue weighted by molar-refractivity contribution is 7.99. The van der Waals surface area contributed by atoms with Crippen LogP contribution in [0.25, 0.3) is 6.08 Å². The molecule has 2 aromatic rings. The molecule has 5 nitrogen and oxygen atoms in total. The van der Waals surface area contributed by atoms with Gasteiger partial charge in [0.25, 0.3) is 0 Å². The first-order valence-corrected chi connectivity index (χ1v) is 8.23. The first-order chi connectivity index (χ1) is 11.2. The lowest BCUT2D eigenvalue weighted by atomic mass is 10.2. The van der Waals surface area contributed by atoms with Gasteiger partial charge < -0.3 is 14.6 Å². The summed E-state index contributed by atoms with van der Waals surface area (Å²) < 4.78 is 11.0. The first-order valence-electron chi connectivity index (χ1n) is 7.24. The number of hydrogen-bond acceptors (Lipinski definition) is 6. The van der Waals surface area contributed by atoms with E-state index >= 15 is 0 Å². The quantitative estimate of drug-likeness (QED) is 0.592. The van der Waals surface area contributed by atoms with Crippen LogP contribution in [0.5, 0.6) is 11.5 Å². The molecule has 2 rings (SSSR count). The molecule has 1 heterocycles. The fourth-order valence-electron chi connectivity index (χ4n) is 1.86. The highest BCUT2D eigenvalue weighted by Gasteiger charge is 2.10. The van der Waals surface area contributed by atoms with Crippen LogP contribution in [0.2, 0.25) is 0 Å². The van der Waals surface area contributed by atoms with E-state index in [-0.39, 0.29) is 6.61 Å². The molecule has 0 aliphatic rings. The molecule has 0 spiro atoms. The van der Waals surface area contributed by atoms with Crippen molar-refractivity contribution in [3.8, 4) is 11.5 Å². The van der Waals surface area contributed by atoms with E-state index in [2.05, 4.69) is 9.97 Å². The van der Waals surface area contributed by atoms with Gasteiger partial charge in [0, 0.05) is 18.1 Å². The maximum absolute atomic E-state index is 10.0. The summed E-state index contributed by atoms with van der Waals surface area (Å²) in [5.41, 5.74) is 1.04. The van der Waals surface area contributed by atoms with Crippen LogP contribution in [-0.4, -0.2) is 40.6 Å². The largest absolute Gasteiger partial charge is 0.493 e. The monoisotopic (exact) mass is 332 g/mol. The van der Waals surface area contributed by atoms with Gasteiger partial charge >= 0.3 is 0 Å². The van der Waals surface area contributed by atoms with Crippen LogP contribution in [0.4, 0.5) is 0 Å². The number of nitrogens with zero attached hydrogens (tertiary/aromatic N) is 2.